The van der Waals surface area contributed by atoms with Crippen molar-refractivity contribution in [2.75, 3.05) is 0 Å². The first-order valence-corrected chi connectivity index (χ1v) is 4.62. The molecule has 1 aromatic heterocycles. The lowest BCUT2D eigenvalue weighted by molar-refractivity contribution is 0.103. The van der Waals surface area contributed by atoms with Crippen LogP contribution in [0.1, 0.15) is 21.5 Å². The molecule has 0 saturated carbocycles. The Labute approximate surface area is 90.5 Å². The van der Waals surface area contributed by atoms with Crippen LogP contribution in [-0.2, 0) is 0 Å². The maximum absolute atomic E-state index is 13.4. The molecule has 1 heterocycles. The van der Waals surface area contributed by atoms with Crippen molar-refractivity contribution in [1.29, 1.82) is 0 Å². The van der Waals surface area contributed by atoms with Crippen LogP contribution in [-0.4, -0.2) is 5.78 Å². The number of carbonyl (C=O) groups excluding carboxylic acids is 1. The van der Waals surface area contributed by atoms with Crippen molar-refractivity contribution < 1.29 is 18.0 Å². The fraction of sp³-hybridized carbons (Fsp3) is 0.0833. The summed E-state index contributed by atoms with van der Waals surface area (Å²) >= 11 is 0. The molecule has 4 heteroatoms. The summed E-state index contributed by atoms with van der Waals surface area (Å²) in [6, 6.07) is 3.34. The minimum atomic E-state index is -0.866. The van der Waals surface area contributed by atoms with E-state index in [1.165, 1.54) is 31.6 Å². The molecule has 0 unspecified atom stereocenters. The molecule has 0 aliphatic rings. The molecular formula is C12H8F2O2. The largest absolute Gasteiger partial charge is 0.472 e. The fourth-order valence-electron chi connectivity index (χ4n) is 1.38. The second-order valence-corrected chi connectivity index (χ2v) is 3.42. The molecule has 0 aliphatic carbocycles. The topological polar surface area (TPSA) is 30.2 Å². The zero-order valence-electron chi connectivity index (χ0n) is 8.46. The summed E-state index contributed by atoms with van der Waals surface area (Å²) in [5.41, 5.74) is 0.318. The van der Waals surface area contributed by atoms with Crippen LogP contribution in [0.15, 0.2) is 35.1 Å². The van der Waals surface area contributed by atoms with Crippen molar-refractivity contribution >= 4 is 5.78 Å². The number of carbonyl (C=O) groups is 1. The number of benzene rings is 1. The van der Waals surface area contributed by atoms with E-state index in [0.29, 0.717) is 6.07 Å². The first-order valence-electron chi connectivity index (χ1n) is 4.62. The van der Waals surface area contributed by atoms with Gasteiger partial charge in [0.2, 0.25) is 0 Å². The average Bonchev–Trinajstić information content (AvgIpc) is 2.75. The molecule has 0 spiro atoms. The predicted molar refractivity (Wildman–Crippen MR) is 53.2 cm³/mol. The van der Waals surface area contributed by atoms with Crippen molar-refractivity contribution in [2.24, 2.45) is 0 Å². The van der Waals surface area contributed by atoms with E-state index in [4.69, 9.17) is 4.42 Å². The Morgan fingerprint density at radius 3 is 2.62 bits per heavy atom. The summed E-state index contributed by atoms with van der Waals surface area (Å²) in [7, 11) is 0. The van der Waals surface area contributed by atoms with Crippen LogP contribution in [0.3, 0.4) is 0 Å². The van der Waals surface area contributed by atoms with Crippen LogP contribution in [0.4, 0.5) is 8.78 Å². The maximum atomic E-state index is 13.4. The Morgan fingerprint density at radius 1 is 1.25 bits per heavy atom. The highest BCUT2D eigenvalue weighted by molar-refractivity contribution is 6.09. The van der Waals surface area contributed by atoms with Gasteiger partial charge in [0.25, 0.3) is 0 Å². The Balaban J connectivity index is 2.49. The Hall–Kier alpha value is -1.97. The highest BCUT2D eigenvalue weighted by Crippen LogP contribution is 2.18. The minimum absolute atomic E-state index is 0.152. The van der Waals surface area contributed by atoms with Gasteiger partial charge in [-0.05, 0) is 24.6 Å². The van der Waals surface area contributed by atoms with E-state index in [1.807, 2.05) is 0 Å². The zero-order chi connectivity index (χ0) is 11.7. The SMILES string of the molecule is Cc1cc(C(=O)c2ccoc2)c(F)cc1F. The standard InChI is InChI=1S/C12H8F2O2/c1-7-4-9(11(14)5-10(7)13)12(15)8-2-3-16-6-8/h2-6H,1H3. The van der Waals surface area contributed by atoms with Gasteiger partial charge >= 0.3 is 0 Å². The quantitative estimate of drug-likeness (QED) is 0.731. The van der Waals surface area contributed by atoms with E-state index in [9.17, 15) is 13.6 Å². The Bertz CT molecular complexity index is 530. The lowest BCUT2D eigenvalue weighted by Crippen LogP contribution is -2.04. The van der Waals surface area contributed by atoms with Crippen LogP contribution >= 0.6 is 0 Å². The normalized spacial score (nSPS) is 10.4. The molecule has 0 N–H and O–H groups in total. The first kappa shape index (κ1) is 10.5. The smallest absolute Gasteiger partial charge is 0.199 e. The molecule has 82 valence electrons. The summed E-state index contributed by atoms with van der Waals surface area (Å²) in [6.07, 6.45) is 2.54. The zero-order valence-corrected chi connectivity index (χ0v) is 8.46. The van der Waals surface area contributed by atoms with E-state index in [2.05, 4.69) is 0 Å². The van der Waals surface area contributed by atoms with Crippen molar-refractivity contribution in [3.8, 4) is 0 Å². The van der Waals surface area contributed by atoms with E-state index in [0.717, 1.165) is 0 Å². The Kier molecular flexibility index (Phi) is 2.56. The molecule has 0 amide bonds. The molecule has 0 radical (unpaired) electrons. The fourth-order valence-corrected chi connectivity index (χ4v) is 1.38. The highest BCUT2D eigenvalue weighted by Gasteiger charge is 2.16. The summed E-state index contributed by atoms with van der Waals surface area (Å²) in [5, 5.41) is 0. The van der Waals surface area contributed by atoms with Gasteiger partial charge in [-0.2, -0.15) is 0 Å². The van der Waals surface area contributed by atoms with Gasteiger partial charge in [-0.15, -0.1) is 0 Å². The lowest BCUT2D eigenvalue weighted by atomic mass is 10.0. The molecular weight excluding hydrogens is 214 g/mol. The van der Waals surface area contributed by atoms with Gasteiger partial charge in [0.15, 0.2) is 5.78 Å². The lowest BCUT2D eigenvalue weighted by Gasteiger charge is -2.03. The molecule has 2 nitrogen and oxygen atoms in total. The molecule has 0 saturated heterocycles. The molecule has 0 bridgehead atoms. The predicted octanol–water partition coefficient (Wildman–Crippen LogP) is 3.10. The number of hydrogen-bond donors (Lipinski definition) is 0. The van der Waals surface area contributed by atoms with Crippen LogP contribution < -0.4 is 0 Å². The van der Waals surface area contributed by atoms with Gasteiger partial charge in [0.1, 0.15) is 17.9 Å². The molecule has 1 aromatic carbocycles. The number of halogens is 2. The van der Waals surface area contributed by atoms with E-state index < -0.39 is 17.4 Å². The first-order chi connectivity index (χ1) is 7.59. The van der Waals surface area contributed by atoms with Crippen LogP contribution in [0.5, 0.6) is 0 Å². The Morgan fingerprint density at radius 2 is 2.00 bits per heavy atom. The number of hydrogen-bond acceptors (Lipinski definition) is 2. The minimum Gasteiger partial charge on any atom is -0.472 e. The number of ketones is 1. The van der Waals surface area contributed by atoms with Gasteiger partial charge in [0.05, 0.1) is 17.4 Å². The van der Waals surface area contributed by atoms with E-state index in [1.54, 1.807) is 0 Å². The molecule has 0 aliphatic heterocycles. The van der Waals surface area contributed by atoms with Gasteiger partial charge in [-0.1, -0.05) is 0 Å². The second-order valence-electron chi connectivity index (χ2n) is 3.42. The van der Waals surface area contributed by atoms with Gasteiger partial charge < -0.3 is 4.42 Å². The molecule has 0 atom stereocenters. The van der Waals surface area contributed by atoms with Crippen molar-refractivity contribution in [2.45, 2.75) is 6.92 Å². The van der Waals surface area contributed by atoms with Crippen molar-refractivity contribution in [1.82, 2.24) is 0 Å². The van der Waals surface area contributed by atoms with Crippen molar-refractivity contribution in [3.05, 3.63) is 59.1 Å². The summed E-state index contributed by atoms with van der Waals surface area (Å²) in [4.78, 5) is 11.8. The van der Waals surface area contributed by atoms with Crippen molar-refractivity contribution in [3.63, 3.8) is 0 Å². The van der Waals surface area contributed by atoms with Gasteiger partial charge in [-0.3, -0.25) is 4.79 Å². The third kappa shape index (κ3) is 1.74. The van der Waals surface area contributed by atoms with E-state index >= 15 is 0 Å². The number of aryl methyl sites for hydroxylation is 1. The number of furan rings is 1. The van der Waals surface area contributed by atoms with Crippen LogP contribution in [0.25, 0.3) is 0 Å². The van der Waals surface area contributed by atoms with Gasteiger partial charge in [-0.25, -0.2) is 8.78 Å². The molecule has 2 rings (SSSR count). The summed E-state index contributed by atoms with van der Waals surface area (Å²) in [6.45, 7) is 1.47. The number of rotatable bonds is 2. The maximum Gasteiger partial charge on any atom is 0.199 e. The third-order valence-electron chi connectivity index (χ3n) is 2.28. The second kappa shape index (κ2) is 3.89. The monoisotopic (exact) mass is 222 g/mol. The highest BCUT2D eigenvalue weighted by atomic mass is 19.1. The summed E-state index contributed by atoms with van der Waals surface area (Å²) in [5.74, 6) is -2.05. The summed E-state index contributed by atoms with van der Waals surface area (Å²) < 4.78 is 31.1. The average molecular weight is 222 g/mol. The third-order valence-corrected chi connectivity index (χ3v) is 2.28. The molecule has 0 fully saturated rings. The van der Waals surface area contributed by atoms with E-state index in [-0.39, 0.29) is 16.7 Å². The van der Waals surface area contributed by atoms with Crippen LogP contribution in [0, 0.1) is 18.6 Å². The molecule has 2 aromatic rings. The molecule has 16 heavy (non-hydrogen) atoms. The van der Waals surface area contributed by atoms with Gasteiger partial charge in [0, 0.05) is 6.07 Å². The van der Waals surface area contributed by atoms with Crippen LogP contribution in [0.2, 0.25) is 0 Å².